The predicted octanol–water partition coefficient (Wildman–Crippen LogP) is 7.82. The van der Waals surface area contributed by atoms with Gasteiger partial charge in [-0.3, -0.25) is 9.59 Å². The maximum atomic E-state index is 13.0. The first kappa shape index (κ1) is 28.1. The summed E-state index contributed by atoms with van der Waals surface area (Å²) >= 11 is 31.8. The minimum atomic E-state index is -1.38. The van der Waals surface area contributed by atoms with Crippen LogP contribution in [0.5, 0.6) is 0 Å². The summed E-state index contributed by atoms with van der Waals surface area (Å²) in [5.41, 5.74) is 1.47. The molecule has 202 valence electrons. The van der Waals surface area contributed by atoms with E-state index >= 15 is 0 Å². The normalized spacial score (nSPS) is 21.1. The van der Waals surface area contributed by atoms with Crippen molar-refractivity contribution in [3.05, 3.63) is 86.9 Å². The molecule has 2 fully saturated rings. The van der Waals surface area contributed by atoms with Crippen LogP contribution in [0.3, 0.4) is 0 Å². The lowest BCUT2D eigenvalue weighted by Crippen LogP contribution is -2.23. The molecule has 3 aromatic carbocycles. The molecule has 3 aromatic rings. The number of amides is 2. The summed E-state index contributed by atoms with van der Waals surface area (Å²) < 4.78 is -1.38. The van der Waals surface area contributed by atoms with Crippen molar-refractivity contribution in [2.75, 3.05) is 22.5 Å². The molecule has 0 heterocycles. The Hall–Kier alpha value is -2.48. The molecule has 2 amide bonds. The molecule has 2 unspecified atom stereocenters. The number of halogens is 5. The summed E-state index contributed by atoms with van der Waals surface area (Å²) in [5, 5.41) is 9.89. The zero-order valence-corrected chi connectivity index (χ0v) is 24.0. The largest absolute Gasteiger partial charge is 0.384 e. The summed E-state index contributed by atoms with van der Waals surface area (Å²) in [6, 6.07) is 16.6. The molecule has 0 radical (unpaired) electrons. The van der Waals surface area contributed by atoms with Crippen LogP contribution in [0.15, 0.2) is 60.7 Å². The molecule has 2 atom stereocenters. The van der Waals surface area contributed by atoms with Crippen LogP contribution in [0.2, 0.25) is 15.1 Å². The summed E-state index contributed by atoms with van der Waals surface area (Å²) in [5.74, 6) is -0.860. The van der Waals surface area contributed by atoms with Crippen LogP contribution in [0.1, 0.15) is 34.7 Å². The summed E-state index contributed by atoms with van der Waals surface area (Å²) in [6.07, 6.45) is 2.57. The monoisotopic (exact) mass is 623 g/mol. The molecule has 0 aromatic heterocycles. The standard InChI is InChI=1S/C28H22Cl5N3O3/c29-17-9-16(10-18(30)11-17)24-27(14-37,28(24,32)33)13-34-21-7-8-23(31)22(12-21)26(39)36-20-5-3-19(4-6-20)35-25(38)15-1-2-15/h3-12,14-15,24,34H,1-2,13H2,(H,35,38)(H,36,39). The Bertz CT molecular complexity index is 1440. The van der Waals surface area contributed by atoms with E-state index in [4.69, 9.17) is 58.0 Å². The zero-order valence-electron chi connectivity index (χ0n) is 20.2. The molecule has 5 rings (SSSR count). The van der Waals surface area contributed by atoms with Gasteiger partial charge in [0.2, 0.25) is 5.91 Å². The van der Waals surface area contributed by atoms with E-state index in [1.54, 1.807) is 60.7 Å². The minimum Gasteiger partial charge on any atom is -0.384 e. The first-order valence-corrected chi connectivity index (χ1v) is 14.0. The lowest BCUT2D eigenvalue weighted by Gasteiger charge is -2.15. The van der Waals surface area contributed by atoms with Crippen LogP contribution in [-0.2, 0) is 9.59 Å². The lowest BCUT2D eigenvalue weighted by molar-refractivity contribution is -0.117. The number of rotatable bonds is 9. The van der Waals surface area contributed by atoms with E-state index in [1.807, 2.05) is 0 Å². The van der Waals surface area contributed by atoms with E-state index in [9.17, 15) is 14.4 Å². The third-order valence-corrected chi connectivity index (χ3v) is 8.90. The smallest absolute Gasteiger partial charge is 0.257 e. The van der Waals surface area contributed by atoms with Gasteiger partial charge in [0.1, 0.15) is 10.6 Å². The average Bonchev–Trinajstić information content (AvgIpc) is 3.79. The highest BCUT2D eigenvalue weighted by molar-refractivity contribution is 6.54. The number of alkyl halides is 2. The molecule has 2 aliphatic rings. The van der Waals surface area contributed by atoms with Crippen molar-refractivity contribution in [2.24, 2.45) is 11.3 Å². The van der Waals surface area contributed by atoms with Crippen LogP contribution in [0.4, 0.5) is 17.1 Å². The highest BCUT2D eigenvalue weighted by atomic mass is 35.5. The molecule has 11 heteroatoms. The molecule has 2 saturated carbocycles. The maximum Gasteiger partial charge on any atom is 0.257 e. The summed E-state index contributed by atoms with van der Waals surface area (Å²) in [4.78, 5) is 37.2. The van der Waals surface area contributed by atoms with Gasteiger partial charge in [0.05, 0.1) is 16.0 Å². The van der Waals surface area contributed by atoms with E-state index < -0.39 is 21.6 Å². The fraction of sp³-hybridized carbons (Fsp3) is 0.250. The molecular formula is C28H22Cl5N3O3. The fourth-order valence-corrected chi connectivity index (χ4v) is 6.34. The molecule has 0 bridgehead atoms. The summed E-state index contributed by atoms with van der Waals surface area (Å²) in [6.45, 7) is 0.0923. The van der Waals surface area contributed by atoms with Crippen LogP contribution >= 0.6 is 58.0 Å². The number of benzene rings is 3. The van der Waals surface area contributed by atoms with Gasteiger partial charge in [-0.05, 0) is 79.1 Å². The van der Waals surface area contributed by atoms with E-state index in [0.717, 1.165) is 19.1 Å². The molecule has 6 nitrogen and oxygen atoms in total. The third-order valence-electron chi connectivity index (χ3n) is 7.00. The van der Waals surface area contributed by atoms with Crippen LogP contribution in [-0.4, -0.2) is 29.0 Å². The Labute approximate surface area is 250 Å². The van der Waals surface area contributed by atoms with Crippen molar-refractivity contribution in [1.82, 2.24) is 0 Å². The van der Waals surface area contributed by atoms with Gasteiger partial charge < -0.3 is 20.7 Å². The number of aldehydes is 1. The fourth-order valence-electron chi connectivity index (χ4n) is 4.62. The zero-order chi connectivity index (χ0) is 27.9. The topological polar surface area (TPSA) is 87.3 Å². The van der Waals surface area contributed by atoms with Crippen molar-refractivity contribution in [2.45, 2.75) is 23.1 Å². The number of nitrogens with one attached hydrogen (secondary N) is 3. The van der Waals surface area contributed by atoms with Gasteiger partial charge in [-0.25, -0.2) is 0 Å². The first-order valence-electron chi connectivity index (χ1n) is 12.1. The SMILES string of the molecule is O=CC1(CNc2ccc(Cl)c(C(=O)Nc3ccc(NC(=O)C4CC4)cc3)c2)C(c2cc(Cl)cc(Cl)c2)C1(Cl)Cl. The molecule has 0 aliphatic heterocycles. The van der Waals surface area contributed by atoms with E-state index in [1.165, 1.54) is 0 Å². The molecule has 0 spiro atoms. The van der Waals surface area contributed by atoms with Crippen molar-refractivity contribution in [3.63, 3.8) is 0 Å². The number of hydrogen-bond acceptors (Lipinski definition) is 4. The molecule has 2 aliphatic carbocycles. The quantitative estimate of drug-likeness (QED) is 0.167. The van der Waals surface area contributed by atoms with Crippen molar-refractivity contribution in [3.8, 4) is 0 Å². The maximum absolute atomic E-state index is 13.0. The van der Waals surface area contributed by atoms with Gasteiger partial charge in [-0.1, -0.05) is 58.0 Å². The number of hydrogen-bond donors (Lipinski definition) is 3. The van der Waals surface area contributed by atoms with E-state index in [-0.39, 0.29) is 29.0 Å². The van der Waals surface area contributed by atoms with E-state index in [0.29, 0.717) is 32.7 Å². The Morgan fingerprint density at radius 3 is 2.03 bits per heavy atom. The highest BCUT2D eigenvalue weighted by Crippen LogP contribution is 2.73. The van der Waals surface area contributed by atoms with Gasteiger partial charge in [-0.2, -0.15) is 0 Å². The Kier molecular flexibility index (Phi) is 7.79. The van der Waals surface area contributed by atoms with Crippen LogP contribution < -0.4 is 16.0 Å². The minimum absolute atomic E-state index is 0.00806. The first-order chi connectivity index (χ1) is 18.5. The average molecular weight is 626 g/mol. The number of carbonyl (C=O) groups excluding carboxylic acids is 3. The number of anilines is 3. The lowest BCUT2D eigenvalue weighted by atomic mass is 10.00. The molecule has 0 saturated heterocycles. The van der Waals surface area contributed by atoms with Crippen molar-refractivity contribution < 1.29 is 14.4 Å². The second kappa shape index (κ2) is 10.8. The molecule has 3 N–H and O–H groups in total. The Morgan fingerprint density at radius 1 is 0.846 bits per heavy atom. The van der Waals surface area contributed by atoms with Crippen LogP contribution in [0.25, 0.3) is 0 Å². The van der Waals surface area contributed by atoms with E-state index in [2.05, 4.69) is 16.0 Å². The Balaban J connectivity index is 1.27. The second-order valence-corrected chi connectivity index (χ2v) is 12.4. The second-order valence-electron chi connectivity index (χ2n) is 9.76. The van der Waals surface area contributed by atoms with Crippen molar-refractivity contribution >= 4 is 93.2 Å². The highest BCUT2D eigenvalue weighted by Gasteiger charge is 2.76. The summed E-state index contributed by atoms with van der Waals surface area (Å²) in [7, 11) is 0. The van der Waals surface area contributed by atoms with Gasteiger partial charge in [0.15, 0.2) is 0 Å². The predicted molar refractivity (Wildman–Crippen MR) is 158 cm³/mol. The van der Waals surface area contributed by atoms with Gasteiger partial charge >= 0.3 is 0 Å². The van der Waals surface area contributed by atoms with Gasteiger partial charge in [-0.15, -0.1) is 0 Å². The van der Waals surface area contributed by atoms with Gasteiger partial charge in [0, 0.05) is 45.5 Å². The molecule has 39 heavy (non-hydrogen) atoms. The Morgan fingerprint density at radius 2 is 1.44 bits per heavy atom. The van der Waals surface area contributed by atoms with Gasteiger partial charge in [0.25, 0.3) is 5.91 Å². The number of carbonyl (C=O) groups is 3. The van der Waals surface area contributed by atoms with Crippen LogP contribution in [0, 0.1) is 11.3 Å². The third kappa shape index (κ3) is 5.72. The molecular weight excluding hydrogens is 604 g/mol. The van der Waals surface area contributed by atoms with Crippen molar-refractivity contribution in [1.29, 1.82) is 0 Å².